The van der Waals surface area contributed by atoms with Crippen LogP contribution in [0.15, 0.2) is 48.9 Å². The number of halogens is 2. The van der Waals surface area contributed by atoms with E-state index in [1.165, 1.54) is 6.33 Å². The van der Waals surface area contributed by atoms with Gasteiger partial charge >= 0.3 is 0 Å². The van der Waals surface area contributed by atoms with Crippen LogP contribution in [0.2, 0.25) is 10.3 Å². The lowest BCUT2D eigenvalue weighted by Crippen LogP contribution is -2.46. The van der Waals surface area contributed by atoms with Crippen molar-refractivity contribution in [3.05, 3.63) is 59.2 Å². The molecule has 6 rings (SSSR count). The van der Waals surface area contributed by atoms with Gasteiger partial charge in [-0.3, -0.25) is 0 Å². The summed E-state index contributed by atoms with van der Waals surface area (Å²) in [6, 6.07) is 11.3. The van der Waals surface area contributed by atoms with Crippen molar-refractivity contribution in [1.82, 2.24) is 19.5 Å². The lowest BCUT2D eigenvalue weighted by Gasteiger charge is -2.29. The number of rotatable bonds is 4. The fourth-order valence-corrected chi connectivity index (χ4v) is 5.24. The smallest absolute Gasteiger partial charge is 0.165 e. The summed E-state index contributed by atoms with van der Waals surface area (Å²) in [4.78, 5) is 12.8. The van der Waals surface area contributed by atoms with Gasteiger partial charge in [-0.2, -0.15) is 0 Å². The second-order valence-corrected chi connectivity index (χ2v) is 9.91. The summed E-state index contributed by atoms with van der Waals surface area (Å²) in [7, 11) is 0. The van der Waals surface area contributed by atoms with Crippen molar-refractivity contribution in [2.75, 3.05) is 6.61 Å². The molecule has 0 amide bonds. The van der Waals surface area contributed by atoms with Crippen molar-refractivity contribution in [2.24, 2.45) is 0 Å². The average molecular weight is 501 g/mol. The van der Waals surface area contributed by atoms with Crippen LogP contribution in [0, 0.1) is 0 Å². The Labute approximate surface area is 205 Å². The molecule has 8 nitrogen and oxygen atoms in total. The quantitative estimate of drug-likeness (QED) is 0.282. The first kappa shape index (κ1) is 22.0. The summed E-state index contributed by atoms with van der Waals surface area (Å²) >= 11 is 12.3. The summed E-state index contributed by atoms with van der Waals surface area (Å²) in [5.74, 6) is -0.114. The fourth-order valence-electron chi connectivity index (χ4n) is 4.89. The zero-order chi connectivity index (χ0) is 23.7. The Balaban J connectivity index is 1.31. The largest absolute Gasteiger partial charge is 0.491 e. The van der Waals surface area contributed by atoms with Crippen LogP contribution >= 0.6 is 23.2 Å². The minimum Gasteiger partial charge on any atom is -0.491 e. The molecule has 3 aromatic heterocycles. The number of fused-ring (bicyclic) bond motifs is 3. The number of hydrogen-bond acceptors (Lipinski definition) is 7. The molecule has 0 saturated carbocycles. The third-order valence-corrected chi connectivity index (χ3v) is 6.92. The lowest BCUT2D eigenvalue weighted by atomic mass is 9.95. The molecule has 2 aliphatic heterocycles. The van der Waals surface area contributed by atoms with E-state index in [1.54, 1.807) is 6.07 Å². The van der Waals surface area contributed by atoms with E-state index in [0.717, 1.165) is 16.3 Å². The van der Waals surface area contributed by atoms with Gasteiger partial charge in [-0.1, -0.05) is 23.2 Å². The summed E-state index contributed by atoms with van der Waals surface area (Å²) < 4.78 is 27.3. The SMILES string of the molecule is CC1(C)O[C@H]2[C@H](n3ccc4c(Cl)ncnc43)O[C@H](COc3ccc4ccc(Cl)nc4c3)[C@@]2(C)O1. The first-order chi connectivity index (χ1) is 16.2. The number of ether oxygens (including phenoxy) is 4. The Hall–Kier alpha value is -2.49. The second-order valence-electron chi connectivity index (χ2n) is 9.16. The molecule has 2 fully saturated rings. The van der Waals surface area contributed by atoms with Crippen LogP contribution in [0.3, 0.4) is 0 Å². The molecule has 34 heavy (non-hydrogen) atoms. The van der Waals surface area contributed by atoms with Gasteiger partial charge in [-0.05, 0) is 51.1 Å². The van der Waals surface area contributed by atoms with Crippen LogP contribution in [0.4, 0.5) is 0 Å². The first-order valence-corrected chi connectivity index (χ1v) is 11.7. The molecule has 2 saturated heterocycles. The van der Waals surface area contributed by atoms with Gasteiger partial charge in [0.1, 0.15) is 52.4 Å². The van der Waals surface area contributed by atoms with Crippen LogP contribution in [0.5, 0.6) is 5.75 Å². The zero-order valence-electron chi connectivity index (χ0n) is 18.7. The number of nitrogens with zero attached hydrogens (tertiary/aromatic N) is 4. The molecule has 0 N–H and O–H groups in total. The van der Waals surface area contributed by atoms with Crippen molar-refractivity contribution in [3.63, 3.8) is 0 Å². The Morgan fingerprint density at radius 1 is 1.09 bits per heavy atom. The molecule has 0 bridgehead atoms. The standard InChI is InChI=1S/C24H22Cl2N4O4/c1-23(2)33-19-22(30-9-8-15-20(26)27-12-28-21(15)30)32-17(24(19,3)34-23)11-31-14-6-4-13-5-7-18(25)29-16(13)10-14/h4-10,12,17,19,22H,11H2,1-3H3/t17-,19+,22-,24-/m1/s1. The number of aromatic nitrogens is 4. The van der Waals surface area contributed by atoms with Crippen LogP contribution in [-0.2, 0) is 14.2 Å². The van der Waals surface area contributed by atoms with Gasteiger partial charge < -0.3 is 23.5 Å². The summed E-state index contributed by atoms with van der Waals surface area (Å²) in [5.41, 5.74) is 0.677. The molecule has 4 aromatic rings. The van der Waals surface area contributed by atoms with Crippen molar-refractivity contribution in [2.45, 2.75) is 50.6 Å². The summed E-state index contributed by atoms with van der Waals surface area (Å²) in [6.45, 7) is 6.05. The number of pyridine rings is 1. The first-order valence-electron chi connectivity index (χ1n) is 10.9. The van der Waals surface area contributed by atoms with Crippen LogP contribution in [0.25, 0.3) is 21.9 Å². The van der Waals surface area contributed by atoms with E-state index in [4.69, 9.17) is 42.1 Å². The molecule has 5 heterocycles. The Kier molecular flexibility index (Phi) is 5.02. The van der Waals surface area contributed by atoms with Gasteiger partial charge in [0.05, 0.1) is 10.9 Å². The lowest BCUT2D eigenvalue weighted by molar-refractivity contribution is -0.213. The van der Waals surface area contributed by atoms with E-state index < -0.39 is 29.8 Å². The average Bonchev–Trinajstić information content (AvgIpc) is 3.40. The maximum Gasteiger partial charge on any atom is 0.165 e. The number of benzene rings is 1. The Morgan fingerprint density at radius 3 is 2.76 bits per heavy atom. The van der Waals surface area contributed by atoms with E-state index in [2.05, 4.69) is 15.0 Å². The van der Waals surface area contributed by atoms with Crippen LogP contribution in [0.1, 0.15) is 27.0 Å². The number of hydrogen-bond donors (Lipinski definition) is 0. The maximum absolute atomic E-state index is 6.49. The highest BCUT2D eigenvalue weighted by Crippen LogP contribution is 2.51. The van der Waals surface area contributed by atoms with E-state index >= 15 is 0 Å². The van der Waals surface area contributed by atoms with E-state index in [0.29, 0.717) is 21.7 Å². The van der Waals surface area contributed by atoms with Gasteiger partial charge in [0.15, 0.2) is 12.0 Å². The van der Waals surface area contributed by atoms with Gasteiger partial charge in [0.2, 0.25) is 0 Å². The minimum atomic E-state index is -0.779. The molecule has 0 spiro atoms. The summed E-state index contributed by atoms with van der Waals surface area (Å²) in [6.07, 6.45) is 2.03. The highest BCUT2D eigenvalue weighted by Gasteiger charge is 2.64. The Morgan fingerprint density at radius 2 is 1.91 bits per heavy atom. The molecule has 1 aromatic carbocycles. The topological polar surface area (TPSA) is 80.5 Å². The molecule has 10 heteroatoms. The maximum atomic E-state index is 6.49. The normalized spacial score (nSPS) is 28.0. The predicted molar refractivity (Wildman–Crippen MR) is 127 cm³/mol. The third-order valence-electron chi connectivity index (χ3n) is 6.41. The third kappa shape index (κ3) is 3.52. The van der Waals surface area contributed by atoms with Crippen LogP contribution in [-0.4, -0.2) is 49.7 Å². The van der Waals surface area contributed by atoms with Gasteiger partial charge in [0, 0.05) is 17.6 Å². The van der Waals surface area contributed by atoms with E-state index in [1.807, 2.05) is 61.9 Å². The van der Waals surface area contributed by atoms with Gasteiger partial charge in [0.25, 0.3) is 0 Å². The van der Waals surface area contributed by atoms with Crippen molar-refractivity contribution in [3.8, 4) is 5.75 Å². The minimum absolute atomic E-state index is 0.254. The molecule has 4 atom stereocenters. The molecule has 0 aliphatic carbocycles. The van der Waals surface area contributed by atoms with Crippen molar-refractivity contribution >= 4 is 45.1 Å². The summed E-state index contributed by atoms with van der Waals surface area (Å²) in [5, 5.41) is 2.55. The van der Waals surface area contributed by atoms with E-state index in [-0.39, 0.29) is 6.61 Å². The molecule has 176 valence electrons. The predicted octanol–water partition coefficient (Wildman–Crippen LogP) is 5.17. The zero-order valence-corrected chi connectivity index (χ0v) is 20.2. The van der Waals surface area contributed by atoms with Crippen molar-refractivity contribution in [1.29, 1.82) is 0 Å². The van der Waals surface area contributed by atoms with Crippen LogP contribution < -0.4 is 4.74 Å². The van der Waals surface area contributed by atoms with Crippen molar-refractivity contribution < 1.29 is 18.9 Å². The molecular formula is C24H22Cl2N4O4. The molecule has 0 radical (unpaired) electrons. The highest BCUT2D eigenvalue weighted by atomic mass is 35.5. The highest BCUT2D eigenvalue weighted by molar-refractivity contribution is 6.33. The van der Waals surface area contributed by atoms with E-state index in [9.17, 15) is 0 Å². The molecular weight excluding hydrogens is 479 g/mol. The molecule has 0 unspecified atom stereocenters. The molecule has 2 aliphatic rings. The Bertz CT molecular complexity index is 1410. The van der Waals surface area contributed by atoms with Gasteiger partial charge in [-0.25, -0.2) is 15.0 Å². The fraction of sp³-hybridized carbons (Fsp3) is 0.375. The van der Waals surface area contributed by atoms with Gasteiger partial charge in [-0.15, -0.1) is 0 Å². The second kappa shape index (κ2) is 7.76. The monoisotopic (exact) mass is 500 g/mol.